The number of aryl methyl sites for hydroxylation is 2. The number of piperidine rings is 1. The number of carbonyl (C=O) groups is 1. The zero-order valence-corrected chi connectivity index (χ0v) is 16.6. The normalized spacial score (nSPS) is 21.1. The van der Waals surface area contributed by atoms with E-state index in [4.69, 9.17) is 14.2 Å². The summed E-state index contributed by atoms with van der Waals surface area (Å²) in [6.07, 6.45) is 3.91. The number of aromatic nitrogens is 3. The van der Waals surface area contributed by atoms with Crippen LogP contribution in [0, 0.1) is 13.8 Å². The average molecular weight is 385 g/mol. The lowest BCUT2D eigenvalue weighted by molar-refractivity contribution is -0.136. The molecule has 8 nitrogen and oxygen atoms in total. The van der Waals surface area contributed by atoms with Crippen molar-refractivity contribution in [3.8, 4) is 11.3 Å². The topological polar surface area (TPSA) is 84.6 Å². The predicted octanol–water partition coefficient (Wildman–Crippen LogP) is 1.79. The Kier molecular flexibility index (Phi) is 5.68. The second-order valence-electron chi connectivity index (χ2n) is 7.62. The van der Waals surface area contributed by atoms with E-state index in [-0.39, 0.29) is 11.8 Å². The molecule has 0 spiro atoms. The largest absolute Gasteiger partial charge is 0.378 e. The molecule has 28 heavy (non-hydrogen) atoms. The van der Waals surface area contributed by atoms with Gasteiger partial charge in [-0.05, 0) is 33.2 Å². The molecule has 0 bridgehead atoms. The highest BCUT2D eigenvalue weighted by Crippen LogP contribution is 2.33. The van der Waals surface area contributed by atoms with Gasteiger partial charge in [-0.25, -0.2) is 9.97 Å². The van der Waals surface area contributed by atoms with Gasteiger partial charge in [0, 0.05) is 37.8 Å². The highest BCUT2D eigenvalue weighted by Gasteiger charge is 2.28. The predicted molar refractivity (Wildman–Crippen MR) is 103 cm³/mol. The Morgan fingerprint density at radius 3 is 2.82 bits per heavy atom. The Hall–Kier alpha value is -2.32. The van der Waals surface area contributed by atoms with Gasteiger partial charge in [0.05, 0.1) is 36.7 Å². The molecule has 0 N–H and O–H groups in total. The van der Waals surface area contributed by atoms with Crippen molar-refractivity contribution in [2.24, 2.45) is 0 Å². The molecule has 4 heterocycles. The number of likely N-dealkylation sites (tertiary alicyclic amines) is 1. The summed E-state index contributed by atoms with van der Waals surface area (Å²) in [5.74, 6) is 1.88. The van der Waals surface area contributed by atoms with Gasteiger partial charge in [-0.1, -0.05) is 5.16 Å². The first-order valence-electron chi connectivity index (χ1n) is 9.95. The van der Waals surface area contributed by atoms with E-state index in [1.807, 2.05) is 31.0 Å². The molecule has 2 aliphatic heterocycles. The summed E-state index contributed by atoms with van der Waals surface area (Å²) in [7, 11) is 0. The second kappa shape index (κ2) is 8.36. The van der Waals surface area contributed by atoms with Gasteiger partial charge < -0.3 is 14.2 Å². The third-order valence-corrected chi connectivity index (χ3v) is 5.45. The third-order valence-electron chi connectivity index (χ3n) is 5.45. The number of hydrogen-bond acceptors (Lipinski definition) is 7. The van der Waals surface area contributed by atoms with Crippen molar-refractivity contribution in [3.63, 3.8) is 0 Å². The van der Waals surface area contributed by atoms with Crippen molar-refractivity contribution in [1.82, 2.24) is 24.9 Å². The summed E-state index contributed by atoms with van der Waals surface area (Å²) in [6, 6.07) is 1.92. The van der Waals surface area contributed by atoms with Crippen LogP contribution in [0.4, 0.5) is 0 Å². The van der Waals surface area contributed by atoms with Gasteiger partial charge in [0.1, 0.15) is 5.82 Å². The molecule has 0 aliphatic carbocycles. The van der Waals surface area contributed by atoms with Gasteiger partial charge in [0.25, 0.3) is 0 Å². The molecule has 4 rings (SSSR count). The van der Waals surface area contributed by atoms with Crippen LogP contribution in [0.2, 0.25) is 0 Å². The monoisotopic (exact) mass is 385 g/mol. The maximum atomic E-state index is 12.6. The van der Waals surface area contributed by atoms with E-state index in [9.17, 15) is 4.79 Å². The number of hydrogen-bond donors (Lipinski definition) is 0. The van der Waals surface area contributed by atoms with E-state index < -0.39 is 0 Å². The Morgan fingerprint density at radius 1 is 1.25 bits per heavy atom. The molecule has 0 aromatic carbocycles. The Balaban J connectivity index is 1.50. The highest BCUT2D eigenvalue weighted by atomic mass is 16.5. The molecule has 0 unspecified atom stereocenters. The van der Waals surface area contributed by atoms with Crippen LogP contribution in [-0.2, 0) is 9.53 Å². The minimum absolute atomic E-state index is 0.189. The Morgan fingerprint density at radius 2 is 2.07 bits per heavy atom. The fourth-order valence-electron chi connectivity index (χ4n) is 4.01. The van der Waals surface area contributed by atoms with Crippen molar-refractivity contribution in [2.75, 3.05) is 45.9 Å². The van der Waals surface area contributed by atoms with Gasteiger partial charge in [-0.3, -0.25) is 9.69 Å². The summed E-state index contributed by atoms with van der Waals surface area (Å²) in [4.78, 5) is 25.9. The zero-order valence-electron chi connectivity index (χ0n) is 16.6. The van der Waals surface area contributed by atoms with Gasteiger partial charge in [0.15, 0.2) is 5.76 Å². The molecule has 2 fully saturated rings. The molecule has 1 atom stereocenters. The van der Waals surface area contributed by atoms with E-state index in [0.29, 0.717) is 38.6 Å². The lowest BCUT2D eigenvalue weighted by atomic mass is 9.91. The van der Waals surface area contributed by atoms with E-state index in [0.717, 1.165) is 48.7 Å². The maximum absolute atomic E-state index is 12.6. The summed E-state index contributed by atoms with van der Waals surface area (Å²) in [6.45, 7) is 8.66. The molecule has 0 radical (unpaired) electrons. The van der Waals surface area contributed by atoms with Crippen LogP contribution in [0.1, 0.15) is 36.0 Å². The van der Waals surface area contributed by atoms with Crippen molar-refractivity contribution in [1.29, 1.82) is 0 Å². The van der Waals surface area contributed by atoms with Crippen molar-refractivity contribution in [3.05, 3.63) is 29.5 Å². The van der Waals surface area contributed by atoms with Gasteiger partial charge >= 0.3 is 0 Å². The number of morpholine rings is 1. The summed E-state index contributed by atoms with van der Waals surface area (Å²) in [5, 5.41) is 4.01. The fraction of sp³-hybridized carbons (Fsp3) is 0.600. The lowest BCUT2D eigenvalue weighted by Gasteiger charge is -2.35. The first-order chi connectivity index (χ1) is 13.6. The smallest absolute Gasteiger partial charge is 0.236 e. The number of carbonyl (C=O) groups excluding carboxylic acids is 1. The van der Waals surface area contributed by atoms with Crippen LogP contribution in [-0.4, -0.2) is 76.8 Å². The summed E-state index contributed by atoms with van der Waals surface area (Å²) >= 11 is 0. The SMILES string of the molecule is Cc1cc(-c2cnc(C)nc2[C@H]2CCCN(CC(=O)N3CCOCC3)C2)on1. The van der Waals surface area contributed by atoms with Gasteiger partial charge in [0.2, 0.25) is 5.91 Å². The van der Waals surface area contributed by atoms with Crippen LogP contribution in [0.5, 0.6) is 0 Å². The van der Waals surface area contributed by atoms with Crippen LogP contribution < -0.4 is 0 Å². The zero-order chi connectivity index (χ0) is 19.5. The molecule has 2 aromatic heterocycles. The minimum atomic E-state index is 0.189. The lowest BCUT2D eigenvalue weighted by Crippen LogP contribution is -2.47. The first-order valence-corrected chi connectivity index (χ1v) is 9.95. The van der Waals surface area contributed by atoms with E-state index in [2.05, 4.69) is 15.0 Å². The van der Waals surface area contributed by atoms with Crippen molar-refractivity contribution in [2.45, 2.75) is 32.6 Å². The van der Waals surface area contributed by atoms with Crippen LogP contribution >= 0.6 is 0 Å². The molecule has 2 saturated heterocycles. The summed E-state index contributed by atoms with van der Waals surface area (Å²) in [5.41, 5.74) is 2.73. The van der Waals surface area contributed by atoms with E-state index in [1.165, 1.54) is 0 Å². The molecule has 1 amide bonds. The van der Waals surface area contributed by atoms with Crippen molar-refractivity contribution >= 4 is 5.91 Å². The van der Waals surface area contributed by atoms with Gasteiger partial charge in [-0.2, -0.15) is 0 Å². The molecular weight excluding hydrogens is 358 g/mol. The fourth-order valence-corrected chi connectivity index (χ4v) is 4.01. The molecule has 2 aromatic rings. The Labute approximate surface area is 164 Å². The molecular formula is C20H27N5O3. The van der Waals surface area contributed by atoms with Crippen LogP contribution in [0.15, 0.2) is 16.8 Å². The molecule has 2 aliphatic rings. The van der Waals surface area contributed by atoms with Gasteiger partial charge in [-0.15, -0.1) is 0 Å². The van der Waals surface area contributed by atoms with Crippen LogP contribution in [0.3, 0.4) is 0 Å². The number of nitrogens with zero attached hydrogens (tertiary/aromatic N) is 5. The Bertz CT molecular complexity index is 831. The average Bonchev–Trinajstić information content (AvgIpc) is 3.15. The van der Waals surface area contributed by atoms with Crippen molar-refractivity contribution < 1.29 is 14.1 Å². The second-order valence-corrected chi connectivity index (χ2v) is 7.62. The number of ether oxygens (including phenoxy) is 1. The number of rotatable bonds is 4. The molecule has 0 saturated carbocycles. The minimum Gasteiger partial charge on any atom is -0.378 e. The third kappa shape index (κ3) is 4.23. The quantitative estimate of drug-likeness (QED) is 0.793. The maximum Gasteiger partial charge on any atom is 0.236 e. The molecule has 8 heteroatoms. The first kappa shape index (κ1) is 19.0. The van der Waals surface area contributed by atoms with E-state index >= 15 is 0 Å². The standard InChI is InChI=1S/C20H27N5O3/c1-14-10-18(28-23-14)17-11-21-15(2)22-20(17)16-4-3-5-24(12-16)13-19(26)25-6-8-27-9-7-25/h10-11,16H,3-9,12-13H2,1-2H3/t16-/m0/s1. The van der Waals surface area contributed by atoms with E-state index in [1.54, 1.807) is 0 Å². The van der Waals surface area contributed by atoms with Crippen LogP contribution in [0.25, 0.3) is 11.3 Å². The molecule has 150 valence electrons. The summed E-state index contributed by atoms with van der Waals surface area (Å²) < 4.78 is 10.8. The number of amides is 1. The highest BCUT2D eigenvalue weighted by molar-refractivity contribution is 5.78.